The first-order chi connectivity index (χ1) is 10.3. The first-order valence-corrected chi connectivity index (χ1v) is 7.54. The van der Waals surface area contributed by atoms with Gasteiger partial charge in [0.1, 0.15) is 0 Å². The normalized spacial score (nSPS) is 20.1. The van der Waals surface area contributed by atoms with Crippen LogP contribution in [0.2, 0.25) is 0 Å². The molecule has 3 nitrogen and oxygen atoms in total. The second-order valence-corrected chi connectivity index (χ2v) is 6.06. The summed E-state index contributed by atoms with van der Waals surface area (Å²) in [6.07, 6.45) is 0. The van der Waals surface area contributed by atoms with Crippen LogP contribution in [0.15, 0.2) is 60.2 Å². The van der Waals surface area contributed by atoms with Gasteiger partial charge in [0.15, 0.2) is 5.78 Å². The molecule has 1 unspecified atom stereocenters. The monoisotopic (exact) mass is 293 g/mol. The average molecular weight is 293 g/mol. The van der Waals surface area contributed by atoms with Crippen molar-refractivity contribution in [2.75, 3.05) is 0 Å². The van der Waals surface area contributed by atoms with Crippen LogP contribution in [-0.2, 0) is 0 Å². The maximum absolute atomic E-state index is 12.7. The minimum absolute atomic E-state index is 0.0157. The van der Waals surface area contributed by atoms with Gasteiger partial charge in [0.05, 0.1) is 10.9 Å². The van der Waals surface area contributed by atoms with Gasteiger partial charge >= 0.3 is 0 Å². The zero-order chi connectivity index (χ0) is 14.4. The van der Waals surface area contributed by atoms with Crippen LogP contribution >= 0.6 is 11.8 Å². The van der Waals surface area contributed by atoms with E-state index in [1.165, 1.54) is 0 Å². The van der Waals surface area contributed by atoms with Gasteiger partial charge in [-0.3, -0.25) is 9.59 Å². The molecule has 1 atom stereocenters. The average Bonchev–Trinajstić information content (AvgIpc) is 2.81. The predicted octanol–water partition coefficient (Wildman–Crippen LogP) is 3.79. The van der Waals surface area contributed by atoms with E-state index in [1.807, 2.05) is 54.6 Å². The van der Waals surface area contributed by atoms with Crippen LogP contribution in [0, 0.1) is 0 Å². The Morgan fingerprint density at radius 3 is 2.29 bits per heavy atom. The van der Waals surface area contributed by atoms with Crippen LogP contribution in [0.1, 0.15) is 26.7 Å². The van der Waals surface area contributed by atoms with Gasteiger partial charge in [-0.1, -0.05) is 66.4 Å². The number of Topliss-reactive ketones (excluding diaryl/α,β-unsaturated/α-hetero) is 1. The third-order valence-electron chi connectivity index (χ3n) is 3.77. The highest BCUT2D eigenvalue weighted by molar-refractivity contribution is 8.14. The highest BCUT2D eigenvalue weighted by Crippen LogP contribution is 2.47. The fraction of sp³-hybridized carbons (Fsp3) is 0.0588. The SMILES string of the molecule is O=C1NC2=C(C(=O)c3ccccc32)C(c2ccccc2)S1. The van der Waals surface area contributed by atoms with Gasteiger partial charge in [-0.05, 0) is 5.56 Å². The molecule has 0 bridgehead atoms. The lowest BCUT2D eigenvalue weighted by Gasteiger charge is -2.23. The smallest absolute Gasteiger partial charge is 0.284 e. The molecule has 0 saturated heterocycles. The van der Waals surface area contributed by atoms with Crippen molar-refractivity contribution in [1.82, 2.24) is 5.32 Å². The van der Waals surface area contributed by atoms with Crippen LogP contribution in [0.3, 0.4) is 0 Å². The van der Waals surface area contributed by atoms with Crippen LogP contribution in [-0.4, -0.2) is 11.0 Å². The quantitative estimate of drug-likeness (QED) is 0.870. The number of nitrogens with one attached hydrogen (secondary N) is 1. The Bertz CT molecular complexity index is 795. The Labute approximate surface area is 126 Å². The number of benzene rings is 2. The third-order valence-corrected chi connectivity index (χ3v) is 4.83. The minimum atomic E-state index is -0.241. The van der Waals surface area contributed by atoms with E-state index in [9.17, 15) is 9.59 Å². The molecular formula is C17H11NO2S. The Morgan fingerprint density at radius 1 is 0.857 bits per heavy atom. The van der Waals surface area contributed by atoms with E-state index in [1.54, 1.807) is 0 Å². The van der Waals surface area contributed by atoms with E-state index in [-0.39, 0.29) is 16.3 Å². The van der Waals surface area contributed by atoms with Crippen LogP contribution in [0.5, 0.6) is 0 Å². The van der Waals surface area contributed by atoms with Crippen molar-refractivity contribution in [2.24, 2.45) is 0 Å². The molecule has 2 aromatic rings. The molecule has 21 heavy (non-hydrogen) atoms. The predicted molar refractivity (Wildman–Crippen MR) is 83.0 cm³/mol. The molecule has 2 aromatic carbocycles. The number of hydrogen-bond acceptors (Lipinski definition) is 3. The molecule has 102 valence electrons. The molecule has 0 aromatic heterocycles. The lowest BCUT2D eigenvalue weighted by molar-refractivity contribution is 0.103. The summed E-state index contributed by atoms with van der Waals surface area (Å²) in [7, 11) is 0. The summed E-state index contributed by atoms with van der Waals surface area (Å²) in [5, 5.41) is 2.49. The third kappa shape index (κ3) is 1.83. The number of ketones is 1. The van der Waals surface area contributed by atoms with Gasteiger partial charge in [0.25, 0.3) is 5.24 Å². The van der Waals surface area contributed by atoms with E-state index in [0.717, 1.165) is 22.9 Å². The lowest BCUT2D eigenvalue weighted by atomic mass is 10.0. The molecule has 2 aliphatic rings. The van der Waals surface area contributed by atoms with Crippen LogP contribution in [0.4, 0.5) is 4.79 Å². The zero-order valence-electron chi connectivity index (χ0n) is 11.0. The van der Waals surface area contributed by atoms with Crippen LogP contribution in [0.25, 0.3) is 5.70 Å². The summed E-state index contributed by atoms with van der Waals surface area (Å²) in [6.45, 7) is 0. The Balaban J connectivity index is 1.91. The van der Waals surface area contributed by atoms with Gasteiger partial charge in [0.2, 0.25) is 0 Å². The number of fused-ring (bicyclic) bond motifs is 2. The second kappa shape index (κ2) is 4.60. The first kappa shape index (κ1) is 12.4. The van der Waals surface area contributed by atoms with Gasteiger partial charge in [-0.25, -0.2) is 0 Å². The summed E-state index contributed by atoms with van der Waals surface area (Å²) in [5.41, 5.74) is 3.84. The highest BCUT2D eigenvalue weighted by atomic mass is 32.2. The molecule has 1 N–H and O–H groups in total. The fourth-order valence-electron chi connectivity index (χ4n) is 2.85. The lowest BCUT2D eigenvalue weighted by Crippen LogP contribution is -2.25. The standard InChI is InChI=1S/C17H11NO2S/c19-15-12-9-5-4-8-11(12)14-13(15)16(21-17(20)18-14)10-6-2-1-3-7-10/h1-9,16H,(H,18,20). The molecule has 1 amide bonds. The number of thioether (sulfide) groups is 1. The number of amides is 1. The zero-order valence-corrected chi connectivity index (χ0v) is 11.8. The Morgan fingerprint density at radius 2 is 1.52 bits per heavy atom. The van der Waals surface area contributed by atoms with Gasteiger partial charge < -0.3 is 5.32 Å². The molecule has 1 aliphatic carbocycles. The van der Waals surface area contributed by atoms with Crippen LogP contribution < -0.4 is 5.32 Å². The van der Waals surface area contributed by atoms with Crippen molar-refractivity contribution >= 4 is 28.5 Å². The van der Waals surface area contributed by atoms with Crippen molar-refractivity contribution in [2.45, 2.75) is 5.25 Å². The first-order valence-electron chi connectivity index (χ1n) is 6.66. The molecule has 4 rings (SSSR count). The molecule has 0 radical (unpaired) electrons. The molecule has 1 heterocycles. The number of carbonyl (C=O) groups is 2. The van der Waals surface area contributed by atoms with Gasteiger partial charge in [-0.2, -0.15) is 0 Å². The minimum Gasteiger partial charge on any atom is -0.316 e. The summed E-state index contributed by atoms with van der Waals surface area (Å²) in [6, 6.07) is 17.1. The summed E-state index contributed by atoms with van der Waals surface area (Å²) < 4.78 is 0. The van der Waals surface area contributed by atoms with E-state index >= 15 is 0 Å². The van der Waals surface area contributed by atoms with Gasteiger partial charge in [-0.15, -0.1) is 0 Å². The number of rotatable bonds is 1. The van der Waals surface area contributed by atoms with Crippen molar-refractivity contribution in [3.8, 4) is 0 Å². The van der Waals surface area contributed by atoms with Crippen molar-refractivity contribution in [3.63, 3.8) is 0 Å². The molecule has 1 aliphatic heterocycles. The summed E-state index contributed by atoms with van der Waals surface area (Å²) in [4.78, 5) is 24.7. The largest absolute Gasteiger partial charge is 0.316 e. The fourth-order valence-corrected chi connectivity index (χ4v) is 3.86. The van der Waals surface area contributed by atoms with E-state index in [0.29, 0.717) is 16.8 Å². The molecule has 4 heteroatoms. The molecule has 0 fully saturated rings. The Kier molecular flexibility index (Phi) is 2.72. The number of hydrogen-bond donors (Lipinski definition) is 1. The Hall–Kier alpha value is -2.33. The van der Waals surface area contributed by atoms with Gasteiger partial charge in [0, 0.05) is 16.7 Å². The number of carbonyl (C=O) groups excluding carboxylic acids is 2. The van der Waals surface area contributed by atoms with Crippen molar-refractivity contribution in [1.29, 1.82) is 0 Å². The maximum atomic E-state index is 12.7. The molecule has 0 spiro atoms. The topological polar surface area (TPSA) is 46.2 Å². The molecular weight excluding hydrogens is 282 g/mol. The molecule has 0 saturated carbocycles. The maximum Gasteiger partial charge on any atom is 0.284 e. The summed E-state index contributed by atoms with van der Waals surface area (Å²) in [5.74, 6) is 0.0157. The summed E-state index contributed by atoms with van der Waals surface area (Å²) >= 11 is 1.16. The van der Waals surface area contributed by atoms with Crippen molar-refractivity contribution in [3.05, 3.63) is 76.9 Å². The van der Waals surface area contributed by atoms with E-state index in [2.05, 4.69) is 5.32 Å². The van der Waals surface area contributed by atoms with Crippen molar-refractivity contribution < 1.29 is 9.59 Å². The van der Waals surface area contributed by atoms with E-state index in [4.69, 9.17) is 0 Å². The second-order valence-electron chi connectivity index (χ2n) is 4.98. The highest BCUT2D eigenvalue weighted by Gasteiger charge is 2.40. The van der Waals surface area contributed by atoms with E-state index < -0.39 is 0 Å².